The Morgan fingerprint density at radius 3 is 3.00 bits per heavy atom. The average Bonchev–Trinajstić information content (AvgIpc) is 2.48. The minimum absolute atomic E-state index is 0.655. The van der Waals surface area contributed by atoms with Crippen LogP contribution in [0.1, 0.15) is 5.69 Å². The monoisotopic (exact) mass is 240 g/mol. The molecule has 0 saturated carbocycles. The summed E-state index contributed by atoms with van der Waals surface area (Å²) in [6.45, 7) is 2.01. The summed E-state index contributed by atoms with van der Waals surface area (Å²) in [5.74, 6) is 0.655. The van der Waals surface area contributed by atoms with E-state index in [1.54, 1.807) is 13.3 Å². The van der Waals surface area contributed by atoms with Crippen LogP contribution in [0.4, 0.5) is 0 Å². The van der Waals surface area contributed by atoms with Crippen LogP contribution in [0.3, 0.4) is 0 Å². The number of aryl methyl sites for hydroxylation is 1. The third kappa shape index (κ3) is 1.31. The van der Waals surface area contributed by atoms with E-state index in [4.69, 9.17) is 4.74 Å². The summed E-state index contributed by atoms with van der Waals surface area (Å²) in [7, 11) is 1.62. The van der Waals surface area contributed by atoms with Gasteiger partial charge in [-0.25, -0.2) is 4.98 Å². The van der Waals surface area contributed by atoms with Gasteiger partial charge in [0.15, 0.2) is 0 Å². The summed E-state index contributed by atoms with van der Waals surface area (Å²) in [4.78, 5) is 7.38. The Hall–Kier alpha value is -1.03. The molecule has 3 nitrogen and oxygen atoms in total. The van der Waals surface area contributed by atoms with Crippen LogP contribution in [0.15, 0.2) is 16.7 Å². The van der Waals surface area contributed by atoms with Gasteiger partial charge in [0, 0.05) is 11.9 Å². The zero-order valence-electron chi connectivity index (χ0n) is 7.39. The summed E-state index contributed by atoms with van der Waals surface area (Å²) in [6, 6.07) is 2.02. The third-order valence-electron chi connectivity index (χ3n) is 1.91. The van der Waals surface area contributed by atoms with E-state index in [1.165, 1.54) is 0 Å². The fourth-order valence-corrected chi connectivity index (χ4v) is 1.77. The zero-order chi connectivity index (χ0) is 9.42. The minimum atomic E-state index is 0.655. The summed E-state index contributed by atoms with van der Waals surface area (Å²) < 4.78 is 6.10. The first kappa shape index (κ1) is 8.56. The number of nitrogens with one attached hydrogen (secondary N) is 1. The molecule has 0 aliphatic heterocycles. The van der Waals surface area contributed by atoms with E-state index < -0.39 is 0 Å². The smallest absolute Gasteiger partial charge is 0.222 e. The highest BCUT2D eigenvalue weighted by atomic mass is 79.9. The number of hydrogen-bond acceptors (Lipinski definition) is 2. The summed E-state index contributed by atoms with van der Waals surface area (Å²) in [5.41, 5.74) is 2.13. The molecular weight excluding hydrogens is 232 g/mol. The number of methoxy groups -OCH3 is 1. The molecule has 4 heteroatoms. The van der Waals surface area contributed by atoms with E-state index in [0.29, 0.717) is 5.88 Å². The Morgan fingerprint density at radius 1 is 1.54 bits per heavy atom. The van der Waals surface area contributed by atoms with Gasteiger partial charge in [-0.1, -0.05) is 0 Å². The molecule has 0 unspecified atom stereocenters. The van der Waals surface area contributed by atoms with Crippen molar-refractivity contribution in [2.75, 3.05) is 7.11 Å². The number of aromatic nitrogens is 2. The SMILES string of the molecule is COc1ncc(Br)c2[nH]c(C)cc12. The number of ether oxygens (including phenoxy) is 1. The Balaban J connectivity index is 2.83. The first-order chi connectivity index (χ1) is 6.22. The lowest BCUT2D eigenvalue weighted by molar-refractivity contribution is 0.403. The molecule has 1 N–H and O–H groups in total. The van der Waals surface area contributed by atoms with Crippen LogP contribution < -0.4 is 4.74 Å². The number of rotatable bonds is 1. The van der Waals surface area contributed by atoms with Gasteiger partial charge in [-0.2, -0.15) is 0 Å². The molecule has 0 atom stereocenters. The van der Waals surface area contributed by atoms with Crippen molar-refractivity contribution in [1.29, 1.82) is 0 Å². The standard InChI is InChI=1S/C9H9BrN2O/c1-5-3-6-8(12-5)7(10)4-11-9(6)13-2/h3-4,12H,1-2H3. The van der Waals surface area contributed by atoms with Gasteiger partial charge in [-0.05, 0) is 28.9 Å². The van der Waals surface area contributed by atoms with E-state index in [2.05, 4.69) is 25.9 Å². The van der Waals surface area contributed by atoms with Crippen molar-refractivity contribution >= 4 is 26.8 Å². The molecule has 0 saturated heterocycles. The van der Waals surface area contributed by atoms with Crippen LogP contribution in [0.2, 0.25) is 0 Å². The predicted molar refractivity (Wildman–Crippen MR) is 55.1 cm³/mol. The van der Waals surface area contributed by atoms with Crippen molar-refractivity contribution in [3.8, 4) is 5.88 Å². The molecular formula is C9H9BrN2O. The Kier molecular flexibility index (Phi) is 2.00. The maximum atomic E-state index is 5.14. The molecule has 0 radical (unpaired) electrons. The lowest BCUT2D eigenvalue weighted by atomic mass is 10.3. The normalized spacial score (nSPS) is 10.7. The highest BCUT2D eigenvalue weighted by Gasteiger charge is 2.08. The van der Waals surface area contributed by atoms with Crippen molar-refractivity contribution in [3.63, 3.8) is 0 Å². The number of fused-ring (bicyclic) bond motifs is 1. The fourth-order valence-electron chi connectivity index (χ4n) is 1.36. The van der Waals surface area contributed by atoms with Crippen LogP contribution >= 0.6 is 15.9 Å². The van der Waals surface area contributed by atoms with E-state index >= 15 is 0 Å². The third-order valence-corrected chi connectivity index (χ3v) is 2.51. The largest absolute Gasteiger partial charge is 0.481 e. The number of nitrogens with zero attached hydrogens (tertiary/aromatic N) is 1. The maximum Gasteiger partial charge on any atom is 0.222 e. The summed E-state index contributed by atoms with van der Waals surface area (Å²) in [6.07, 6.45) is 1.73. The molecule has 13 heavy (non-hydrogen) atoms. The molecule has 2 aromatic rings. The Labute approximate surface area is 84.3 Å². The molecule has 0 spiro atoms. The van der Waals surface area contributed by atoms with Gasteiger partial charge in [-0.3, -0.25) is 0 Å². The highest BCUT2D eigenvalue weighted by Crippen LogP contribution is 2.29. The van der Waals surface area contributed by atoms with Gasteiger partial charge in [0.05, 0.1) is 22.5 Å². The second-order valence-corrected chi connectivity index (χ2v) is 3.71. The summed E-state index contributed by atoms with van der Waals surface area (Å²) in [5, 5.41) is 1.01. The van der Waals surface area contributed by atoms with Crippen LogP contribution in [-0.4, -0.2) is 17.1 Å². The van der Waals surface area contributed by atoms with Crippen molar-refractivity contribution in [1.82, 2.24) is 9.97 Å². The van der Waals surface area contributed by atoms with Gasteiger partial charge in [0.25, 0.3) is 0 Å². The molecule has 2 aromatic heterocycles. The molecule has 0 aromatic carbocycles. The van der Waals surface area contributed by atoms with Gasteiger partial charge in [0.1, 0.15) is 0 Å². The number of aromatic amines is 1. The number of H-pyrrole nitrogens is 1. The quantitative estimate of drug-likeness (QED) is 0.833. The summed E-state index contributed by atoms with van der Waals surface area (Å²) >= 11 is 3.42. The predicted octanol–water partition coefficient (Wildman–Crippen LogP) is 2.64. The Morgan fingerprint density at radius 2 is 2.31 bits per heavy atom. The lowest BCUT2D eigenvalue weighted by Gasteiger charge is -2.00. The molecule has 2 rings (SSSR count). The topological polar surface area (TPSA) is 37.9 Å². The van der Waals surface area contributed by atoms with Gasteiger partial charge >= 0.3 is 0 Å². The molecule has 0 aliphatic rings. The number of pyridine rings is 1. The van der Waals surface area contributed by atoms with Crippen LogP contribution in [-0.2, 0) is 0 Å². The maximum absolute atomic E-state index is 5.14. The molecule has 0 amide bonds. The van der Waals surface area contributed by atoms with E-state index in [1.807, 2.05) is 13.0 Å². The van der Waals surface area contributed by atoms with Crippen molar-refractivity contribution in [2.24, 2.45) is 0 Å². The zero-order valence-corrected chi connectivity index (χ0v) is 8.97. The lowest BCUT2D eigenvalue weighted by Crippen LogP contribution is -1.87. The van der Waals surface area contributed by atoms with E-state index in [0.717, 1.165) is 21.1 Å². The van der Waals surface area contributed by atoms with Gasteiger partial charge in [-0.15, -0.1) is 0 Å². The van der Waals surface area contributed by atoms with Gasteiger partial charge < -0.3 is 9.72 Å². The first-order valence-corrected chi connectivity index (χ1v) is 4.69. The van der Waals surface area contributed by atoms with Crippen molar-refractivity contribution < 1.29 is 4.74 Å². The second-order valence-electron chi connectivity index (χ2n) is 2.86. The van der Waals surface area contributed by atoms with E-state index in [9.17, 15) is 0 Å². The number of halogens is 1. The number of hydrogen-bond donors (Lipinski definition) is 1. The first-order valence-electron chi connectivity index (χ1n) is 3.90. The van der Waals surface area contributed by atoms with E-state index in [-0.39, 0.29) is 0 Å². The van der Waals surface area contributed by atoms with Gasteiger partial charge in [0.2, 0.25) is 5.88 Å². The van der Waals surface area contributed by atoms with Crippen molar-refractivity contribution in [2.45, 2.75) is 6.92 Å². The average molecular weight is 241 g/mol. The molecule has 68 valence electrons. The minimum Gasteiger partial charge on any atom is -0.481 e. The highest BCUT2D eigenvalue weighted by molar-refractivity contribution is 9.10. The molecule has 0 bridgehead atoms. The molecule has 0 fully saturated rings. The molecule has 2 heterocycles. The van der Waals surface area contributed by atoms with Crippen molar-refractivity contribution in [3.05, 3.63) is 22.4 Å². The van der Waals surface area contributed by atoms with Crippen LogP contribution in [0, 0.1) is 6.92 Å². The second kappa shape index (κ2) is 3.03. The van der Waals surface area contributed by atoms with Crippen LogP contribution in [0.25, 0.3) is 10.9 Å². The fraction of sp³-hybridized carbons (Fsp3) is 0.222. The van der Waals surface area contributed by atoms with Crippen LogP contribution in [0.5, 0.6) is 5.88 Å². The molecule has 0 aliphatic carbocycles. The Bertz CT molecular complexity index is 450.